The number of carbonyl (C=O) groups is 1. The van der Waals surface area contributed by atoms with Crippen LogP contribution in [-0.2, 0) is 10.5 Å². The predicted molar refractivity (Wildman–Crippen MR) is 63.7 cm³/mol. The van der Waals surface area contributed by atoms with E-state index in [1.54, 1.807) is 0 Å². The van der Waals surface area contributed by atoms with Crippen molar-refractivity contribution < 1.29 is 9.90 Å². The first-order valence-corrected chi connectivity index (χ1v) is 6.05. The highest BCUT2D eigenvalue weighted by Gasteiger charge is 2.04. The van der Waals surface area contributed by atoms with E-state index in [9.17, 15) is 4.79 Å². The van der Waals surface area contributed by atoms with Crippen molar-refractivity contribution in [3.8, 4) is 0 Å². The van der Waals surface area contributed by atoms with E-state index >= 15 is 0 Å². The summed E-state index contributed by atoms with van der Waals surface area (Å²) in [5.74, 6) is -0.0368. The number of thioether (sulfide) groups is 1. The van der Waals surface area contributed by atoms with E-state index in [-0.39, 0.29) is 5.75 Å². The summed E-state index contributed by atoms with van der Waals surface area (Å²) in [5, 5.41) is 8.53. The van der Waals surface area contributed by atoms with Gasteiger partial charge in [0.25, 0.3) is 0 Å². The molecule has 0 bridgehead atoms. The number of fused-ring (bicyclic) bond motifs is 1. The summed E-state index contributed by atoms with van der Waals surface area (Å²) in [6.07, 6.45) is 3.89. The number of aryl methyl sites for hydroxylation is 1. The van der Waals surface area contributed by atoms with Gasteiger partial charge in [-0.05, 0) is 18.6 Å². The molecule has 0 saturated carbocycles. The van der Waals surface area contributed by atoms with Gasteiger partial charge in [-0.15, -0.1) is 11.8 Å². The molecule has 84 valence electrons. The third kappa shape index (κ3) is 2.36. The molecule has 2 heterocycles. The molecule has 0 aliphatic rings. The average Bonchev–Trinajstić information content (AvgIpc) is 2.61. The number of pyridine rings is 1. The van der Waals surface area contributed by atoms with Gasteiger partial charge in [0.1, 0.15) is 5.65 Å². The zero-order chi connectivity index (χ0) is 11.5. The van der Waals surface area contributed by atoms with Crippen molar-refractivity contribution in [2.75, 3.05) is 5.75 Å². The summed E-state index contributed by atoms with van der Waals surface area (Å²) >= 11 is 1.36. The maximum absolute atomic E-state index is 10.4. The predicted octanol–water partition coefficient (Wildman–Crippen LogP) is 1.96. The third-order valence-electron chi connectivity index (χ3n) is 2.20. The zero-order valence-corrected chi connectivity index (χ0v) is 9.70. The minimum Gasteiger partial charge on any atom is -0.481 e. The summed E-state index contributed by atoms with van der Waals surface area (Å²) in [7, 11) is 0. The van der Waals surface area contributed by atoms with Crippen molar-refractivity contribution >= 4 is 23.4 Å². The second kappa shape index (κ2) is 4.57. The molecule has 0 fully saturated rings. The lowest BCUT2D eigenvalue weighted by Crippen LogP contribution is -1.98. The molecule has 0 aliphatic carbocycles. The van der Waals surface area contributed by atoms with E-state index in [4.69, 9.17) is 5.11 Å². The van der Waals surface area contributed by atoms with Crippen LogP contribution in [0, 0.1) is 6.92 Å². The Labute approximate surface area is 97.3 Å². The van der Waals surface area contributed by atoms with Gasteiger partial charge in [0, 0.05) is 18.1 Å². The number of rotatable bonds is 4. The van der Waals surface area contributed by atoms with Gasteiger partial charge >= 0.3 is 5.97 Å². The van der Waals surface area contributed by atoms with Crippen molar-refractivity contribution in [3.05, 3.63) is 35.8 Å². The van der Waals surface area contributed by atoms with Gasteiger partial charge in [0.2, 0.25) is 0 Å². The van der Waals surface area contributed by atoms with E-state index in [0.717, 1.165) is 16.9 Å². The number of aromatic nitrogens is 2. The number of hydrogen-bond donors (Lipinski definition) is 1. The number of imidazole rings is 1. The van der Waals surface area contributed by atoms with Crippen LogP contribution >= 0.6 is 11.8 Å². The van der Waals surface area contributed by atoms with Crippen LogP contribution in [0.4, 0.5) is 0 Å². The van der Waals surface area contributed by atoms with E-state index in [0.29, 0.717) is 5.75 Å². The molecule has 0 radical (unpaired) electrons. The first-order chi connectivity index (χ1) is 7.66. The smallest absolute Gasteiger partial charge is 0.313 e. The highest BCUT2D eigenvalue weighted by atomic mass is 32.2. The molecule has 0 aliphatic heterocycles. The molecule has 1 N–H and O–H groups in total. The third-order valence-corrected chi connectivity index (χ3v) is 3.15. The maximum Gasteiger partial charge on any atom is 0.313 e. The Hall–Kier alpha value is -1.49. The fourth-order valence-corrected chi connectivity index (χ4v) is 2.14. The largest absolute Gasteiger partial charge is 0.481 e. The van der Waals surface area contributed by atoms with Crippen LogP contribution in [0.3, 0.4) is 0 Å². The second-order valence-electron chi connectivity index (χ2n) is 3.54. The maximum atomic E-state index is 10.4. The van der Waals surface area contributed by atoms with E-state index in [1.807, 2.05) is 35.9 Å². The molecule has 0 saturated heterocycles. The van der Waals surface area contributed by atoms with E-state index < -0.39 is 5.97 Å². The molecule has 2 aromatic heterocycles. The summed E-state index contributed by atoms with van der Waals surface area (Å²) in [4.78, 5) is 14.8. The van der Waals surface area contributed by atoms with Crippen LogP contribution in [0.1, 0.15) is 11.3 Å². The van der Waals surface area contributed by atoms with Gasteiger partial charge in [-0.1, -0.05) is 6.07 Å². The van der Waals surface area contributed by atoms with Crippen molar-refractivity contribution in [1.29, 1.82) is 0 Å². The van der Waals surface area contributed by atoms with Crippen LogP contribution in [0.2, 0.25) is 0 Å². The first-order valence-electron chi connectivity index (χ1n) is 4.89. The topological polar surface area (TPSA) is 54.6 Å². The van der Waals surface area contributed by atoms with Crippen molar-refractivity contribution in [1.82, 2.24) is 9.38 Å². The molecular formula is C11H12N2O2S. The Morgan fingerprint density at radius 3 is 3.12 bits per heavy atom. The first kappa shape index (κ1) is 11.0. The Kier molecular flexibility index (Phi) is 3.14. The van der Waals surface area contributed by atoms with Crippen LogP contribution in [0.25, 0.3) is 5.65 Å². The minimum atomic E-state index is -0.787. The normalized spacial score (nSPS) is 10.8. The monoisotopic (exact) mass is 236 g/mol. The van der Waals surface area contributed by atoms with Crippen LogP contribution in [0.5, 0.6) is 0 Å². The van der Waals surface area contributed by atoms with Gasteiger partial charge in [-0.3, -0.25) is 4.79 Å². The lowest BCUT2D eigenvalue weighted by Gasteiger charge is -1.94. The van der Waals surface area contributed by atoms with Gasteiger partial charge in [-0.25, -0.2) is 4.98 Å². The van der Waals surface area contributed by atoms with Crippen LogP contribution in [0.15, 0.2) is 24.5 Å². The Morgan fingerprint density at radius 1 is 1.62 bits per heavy atom. The number of carboxylic acids is 1. The second-order valence-corrected chi connectivity index (χ2v) is 4.53. The van der Waals surface area contributed by atoms with Gasteiger partial charge in [0.15, 0.2) is 0 Å². The number of carboxylic acid groups (broad SMARTS) is 1. The molecule has 0 spiro atoms. The lowest BCUT2D eigenvalue weighted by molar-refractivity contribution is -0.133. The van der Waals surface area contributed by atoms with E-state index in [2.05, 4.69) is 4.98 Å². The van der Waals surface area contributed by atoms with Crippen molar-refractivity contribution in [2.24, 2.45) is 0 Å². The molecule has 2 rings (SSSR count). The molecule has 4 nitrogen and oxygen atoms in total. The number of hydrogen-bond acceptors (Lipinski definition) is 3. The summed E-state index contributed by atoms with van der Waals surface area (Å²) in [5.41, 5.74) is 2.98. The molecule has 5 heteroatoms. The quantitative estimate of drug-likeness (QED) is 0.881. The lowest BCUT2D eigenvalue weighted by atomic mass is 10.3. The fraction of sp³-hybridized carbons (Fsp3) is 0.273. The number of aliphatic carboxylic acids is 1. The molecule has 0 unspecified atom stereocenters. The highest BCUT2D eigenvalue weighted by Crippen LogP contribution is 2.14. The van der Waals surface area contributed by atoms with Crippen molar-refractivity contribution in [2.45, 2.75) is 12.7 Å². The van der Waals surface area contributed by atoms with Gasteiger partial charge in [-0.2, -0.15) is 0 Å². The Bertz CT molecular complexity index is 522. The highest BCUT2D eigenvalue weighted by molar-refractivity contribution is 7.99. The SMILES string of the molecule is Cc1cccn2cc(CSCC(=O)O)nc12. The standard InChI is InChI=1S/C11H12N2O2S/c1-8-3-2-4-13-5-9(12-11(8)13)6-16-7-10(14)15/h2-5H,6-7H2,1H3,(H,14,15). The summed E-state index contributed by atoms with van der Waals surface area (Å²) < 4.78 is 1.96. The molecule has 16 heavy (non-hydrogen) atoms. The summed E-state index contributed by atoms with van der Waals surface area (Å²) in [6.45, 7) is 2.01. The van der Waals surface area contributed by atoms with Gasteiger partial charge < -0.3 is 9.51 Å². The van der Waals surface area contributed by atoms with Crippen LogP contribution in [-0.4, -0.2) is 26.2 Å². The Balaban J connectivity index is 2.14. The Morgan fingerprint density at radius 2 is 2.44 bits per heavy atom. The van der Waals surface area contributed by atoms with Crippen molar-refractivity contribution in [3.63, 3.8) is 0 Å². The van der Waals surface area contributed by atoms with E-state index in [1.165, 1.54) is 11.8 Å². The molecule has 0 aromatic carbocycles. The summed E-state index contributed by atoms with van der Waals surface area (Å²) in [6, 6.07) is 3.98. The average molecular weight is 236 g/mol. The fourth-order valence-electron chi connectivity index (χ4n) is 1.52. The molecule has 0 amide bonds. The minimum absolute atomic E-state index is 0.118. The molecule has 2 aromatic rings. The molecular weight excluding hydrogens is 224 g/mol. The van der Waals surface area contributed by atoms with Crippen LogP contribution < -0.4 is 0 Å². The zero-order valence-electron chi connectivity index (χ0n) is 8.88. The number of nitrogens with zero attached hydrogens (tertiary/aromatic N) is 2. The van der Waals surface area contributed by atoms with Gasteiger partial charge in [0.05, 0.1) is 11.4 Å². The molecule has 0 atom stereocenters.